The lowest BCUT2D eigenvalue weighted by Gasteiger charge is -2.07. The topological polar surface area (TPSA) is 52.0 Å². The first-order valence-electron chi connectivity index (χ1n) is 7.30. The minimum absolute atomic E-state index is 0.0402. The molecule has 0 aliphatic rings. The van der Waals surface area contributed by atoms with E-state index in [9.17, 15) is 14.0 Å². The number of rotatable bonds is 5. The standard InChI is InChI=1S/C18H12ClFN2O2S/c19-13-3-7-15(8-4-13)22-10-9-21-17(18(22)24)25-11-16(23)12-1-5-14(20)6-2-12/h1-10H,11H2. The Labute approximate surface area is 152 Å². The van der Waals surface area contributed by atoms with E-state index >= 15 is 0 Å². The SMILES string of the molecule is O=C(CSc1nccn(-c2ccc(Cl)cc2)c1=O)c1ccc(F)cc1. The summed E-state index contributed by atoms with van der Waals surface area (Å²) in [5.74, 6) is -0.564. The summed E-state index contributed by atoms with van der Waals surface area (Å²) in [6.45, 7) is 0. The zero-order valence-corrected chi connectivity index (χ0v) is 14.4. The van der Waals surface area contributed by atoms with Gasteiger partial charge in [-0.1, -0.05) is 23.4 Å². The highest BCUT2D eigenvalue weighted by Gasteiger charge is 2.11. The van der Waals surface area contributed by atoms with Crippen molar-refractivity contribution in [1.82, 2.24) is 9.55 Å². The minimum atomic E-state index is -0.403. The molecule has 2 aromatic carbocycles. The first-order chi connectivity index (χ1) is 12.0. The molecule has 0 aliphatic carbocycles. The molecule has 7 heteroatoms. The van der Waals surface area contributed by atoms with Crippen LogP contribution < -0.4 is 5.56 Å². The first kappa shape index (κ1) is 17.4. The number of nitrogens with zero attached hydrogens (tertiary/aromatic N) is 2. The fourth-order valence-electron chi connectivity index (χ4n) is 2.15. The summed E-state index contributed by atoms with van der Waals surface area (Å²) in [5, 5.41) is 0.790. The quantitative estimate of drug-likeness (QED) is 0.500. The van der Waals surface area contributed by atoms with Gasteiger partial charge in [0.25, 0.3) is 5.56 Å². The van der Waals surface area contributed by atoms with Crippen molar-refractivity contribution in [3.63, 3.8) is 0 Å². The predicted octanol–water partition coefficient (Wildman–Crippen LogP) is 4.00. The maximum Gasteiger partial charge on any atom is 0.287 e. The van der Waals surface area contributed by atoms with Gasteiger partial charge in [-0.05, 0) is 48.5 Å². The second-order valence-corrected chi connectivity index (χ2v) is 6.50. The Morgan fingerprint density at radius 2 is 1.80 bits per heavy atom. The molecule has 0 aliphatic heterocycles. The average Bonchev–Trinajstić information content (AvgIpc) is 2.62. The van der Waals surface area contributed by atoms with Crippen LogP contribution in [0.25, 0.3) is 5.69 Å². The number of halogens is 2. The molecule has 3 aromatic rings. The summed E-state index contributed by atoms with van der Waals surface area (Å²) >= 11 is 6.91. The number of benzene rings is 2. The highest BCUT2D eigenvalue weighted by atomic mass is 35.5. The Bertz CT molecular complexity index is 956. The maximum absolute atomic E-state index is 12.9. The van der Waals surface area contributed by atoms with Crippen LogP contribution in [0.15, 0.2) is 70.7 Å². The van der Waals surface area contributed by atoms with Gasteiger partial charge in [-0.15, -0.1) is 0 Å². The highest BCUT2D eigenvalue weighted by Crippen LogP contribution is 2.16. The lowest BCUT2D eigenvalue weighted by atomic mass is 10.1. The van der Waals surface area contributed by atoms with Gasteiger partial charge < -0.3 is 0 Å². The van der Waals surface area contributed by atoms with E-state index in [1.54, 1.807) is 30.5 Å². The van der Waals surface area contributed by atoms with Gasteiger partial charge in [-0.25, -0.2) is 9.37 Å². The largest absolute Gasteiger partial charge is 0.293 e. The number of aromatic nitrogens is 2. The minimum Gasteiger partial charge on any atom is -0.293 e. The molecule has 3 rings (SSSR count). The maximum atomic E-state index is 12.9. The molecule has 25 heavy (non-hydrogen) atoms. The fourth-order valence-corrected chi connectivity index (χ4v) is 3.07. The van der Waals surface area contributed by atoms with Crippen molar-refractivity contribution in [2.45, 2.75) is 5.03 Å². The van der Waals surface area contributed by atoms with E-state index in [0.29, 0.717) is 16.3 Å². The number of ketones is 1. The van der Waals surface area contributed by atoms with Crippen molar-refractivity contribution in [3.8, 4) is 5.69 Å². The summed E-state index contributed by atoms with van der Waals surface area (Å²) in [5.41, 5.74) is 0.730. The van der Waals surface area contributed by atoms with Gasteiger partial charge in [0.05, 0.1) is 5.75 Å². The Hall–Kier alpha value is -2.44. The molecule has 0 fully saturated rings. The molecular weight excluding hydrogens is 363 g/mol. The number of carbonyl (C=O) groups excluding carboxylic acids is 1. The molecule has 0 atom stereocenters. The van der Waals surface area contributed by atoms with Crippen LogP contribution in [0.1, 0.15) is 10.4 Å². The molecule has 0 spiro atoms. The third kappa shape index (κ3) is 4.15. The Balaban J connectivity index is 1.78. The Morgan fingerprint density at radius 3 is 2.48 bits per heavy atom. The van der Waals surface area contributed by atoms with Gasteiger partial charge in [0.2, 0.25) is 0 Å². The molecule has 0 bridgehead atoms. The molecule has 1 aromatic heterocycles. The second kappa shape index (κ2) is 7.63. The lowest BCUT2D eigenvalue weighted by Crippen LogP contribution is -2.21. The van der Waals surface area contributed by atoms with Gasteiger partial charge in [0.15, 0.2) is 10.8 Å². The van der Waals surface area contributed by atoms with Crippen LogP contribution in [0, 0.1) is 5.82 Å². The lowest BCUT2D eigenvalue weighted by molar-refractivity contribution is 0.102. The number of carbonyl (C=O) groups is 1. The number of thioether (sulfide) groups is 1. The number of hydrogen-bond donors (Lipinski definition) is 0. The highest BCUT2D eigenvalue weighted by molar-refractivity contribution is 7.99. The van der Waals surface area contributed by atoms with Gasteiger partial charge in [0.1, 0.15) is 5.82 Å². The summed E-state index contributed by atoms with van der Waals surface area (Å²) < 4.78 is 14.3. The van der Waals surface area contributed by atoms with Crippen LogP contribution >= 0.6 is 23.4 Å². The van der Waals surface area contributed by atoms with Gasteiger partial charge >= 0.3 is 0 Å². The van der Waals surface area contributed by atoms with Crippen LogP contribution in [0.3, 0.4) is 0 Å². The van der Waals surface area contributed by atoms with Gasteiger partial charge in [-0.3, -0.25) is 14.2 Å². The fraction of sp³-hybridized carbons (Fsp3) is 0.0556. The monoisotopic (exact) mass is 374 g/mol. The average molecular weight is 375 g/mol. The number of hydrogen-bond acceptors (Lipinski definition) is 4. The van der Waals surface area contributed by atoms with Crippen molar-refractivity contribution >= 4 is 29.1 Å². The second-order valence-electron chi connectivity index (χ2n) is 5.10. The summed E-state index contributed by atoms with van der Waals surface area (Å²) in [7, 11) is 0. The Kier molecular flexibility index (Phi) is 5.31. The molecule has 126 valence electrons. The summed E-state index contributed by atoms with van der Waals surface area (Å²) in [6, 6.07) is 12.1. The van der Waals surface area contributed by atoms with Crippen LogP contribution in [0.4, 0.5) is 4.39 Å². The van der Waals surface area contributed by atoms with Crippen molar-refractivity contribution in [3.05, 3.63) is 87.7 Å². The van der Waals surface area contributed by atoms with Crippen molar-refractivity contribution in [1.29, 1.82) is 0 Å². The smallest absolute Gasteiger partial charge is 0.287 e. The molecule has 4 nitrogen and oxygen atoms in total. The van der Waals surface area contributed by atoms with Gasteiger partial charge in [-0.2, -0.15) is 0 Å². The van der Waals surface area contributed by atoms with Crippen molar-refractivity contribution in [2.24, 2.45) is 0 Å². The van der Waals surface area contributed by atoms with Crippen molar-refractivity contribution < 1.29 is 9.18 Å². The molecule has 1 heterocycles. The zero-order chi connectivity index (χ0) is 17.8. The number of Topliss-reactive ketones (excluding diaryl/α,β-unsaturated/α-hetero) is 1. The van der Waals surface area contributed by atoms with E-state index in [-0.39, 0.29) is 22.1 Å². The van der Waals surface area contributed by atoms with E-state index in [4.69, 9.17) is 11.6 Å². The molecule has 0 unspecified atom stereocenters. The molecule has 0 saturated carbocycles. The zero-order valence-electron chi connectivity index (χ0n) is 12.9. The van der Waals surface area contributed by atoms with E-state index < -0.39 is 5.82 Å². The van der Waals surface area contributed by atoms with Crippen molar-refractivity contribution in [2.75, 3.05) is 5.75 Å². The van der Waals surface area contributed by atoms with Gasteiger partial charge in [0, 0.05) is 28.7 Å². The van der Waals surface area contributed by atoms with E-state index in [1.807, 2.05) is 0 Å². The van der Waals surface area contributed by atoms with E-state index in [1.165, 1.54) is 35.0 Å². The predicted molar refractivity (Wildman–Crippen MR) is 96.3 cm³/mol. The third-order valence-electron chi connectivity index (χ3n) is 3.42. The normalized spacial score (nSPS) is 10.6. The molecule has 0 saturated heterocycles. The molecule has 0 amide bonds. The van der Waals surface area contributed by atoms with Crippen LogP contribution in [-0.2, 0) is 0 Å². The summed E-state index contributed by atoms with van der Waals surface area (Å²) in [6.07, 6.45) is 3.05. The molecule has 0 N–H and O–H groups in total. The third-order valence-corrected chi connectivity index (χ3v) is 4.63. The van der Waals surface area contributed by atoms with E-state index in [2.05, 4.69) is 4.98 Å². The summed E-state index contributed by atoms with van der Waals surface area (Å²) in [4.78, 5) is 28.7. The van der Waals surface area contributed by atoms with Crippen LogP contribution in [-0.4, -0.2) is 21.1 Å². The first-order valence-corrected chi connectivity index (χ1v) is 8.66. The van der Waals surface area contributed by atoms with E-state index in [0.717, 1.165) is 11.8 Å². The molecule has 0 radical (unpaired) electrons. The van der Waals surface area contributed by atoms with Crippen LogP contribution in [0.2, 0.25) is 5.02 Å². The molecular formula is C18H12ClFN2O2S. The van der Waals surface area contributed by atoms with Crippen LogP contribution in [0.5, 0.6) is 0 Å². The Morgan fingerprint density at radius 1 is 1.12 bits per heavy atom.